The van der Waals surface area contributed by atoms with Gasteiger partial charge in [-0.25, -0.2) is 4.98 Å². The molecule has 0 N–H and O–H groups in total. The van der Waals surface area contributed by atoms with Gasteiger partial charge < -0.3 is 4.90 Å². The van der Waals surface area contributed by atoms with Gasteiger partial charge in [0.25, 0.3) is 0 Å². The summed E-state index contributed by atoms with van der Waals surface area (Å²) in [5.74, 6) is 0.881. The first kappa shape index (κ1) is 34.0. The van der Waals surface area contributed by atoms with Crippen LogP contribution in [0.3, 0.4) is 0 Å². The van der Waals surface area contributed by atoms with Gasteiger partial charge in [0, 0.05) is 41.6 Å². The molecule has 0 saturated heterocycles. The van der Waals surface area contributed by atoms with Crippen molar-refractivity contribution in [3.8, 4) is 11.1 Å². The molecular weight excluding hydrogens is 669 g/mol. The van der Waals surface area contributed by atoms with E-state index in [4.69, 9.17) is 9.98 Å². The van der Waals surface area contributed by atoms with E-state index in [1.54, 1.807) is 0 Å². The Morgan fingerprint density at radius 1 is 0.564 bits per heavy atom. The zero-order valence-corrected chi connectivity index (χ0v) is 30.7. The summed E-state index contributed by atoms with van der Waals surface area (Å²) in [6, 6.07) is 54.0. The van der Waals surface area contributed by atoms with Gasteiger partial charge in [0.15, 0.2) is 0 Å². The fourth-order valence-electron chi connectivity index (χ4n) is 7.82. The Kier molecular flexibility index (Phi) is 9.70. The molecule has 6 aromatic rings. The molecule has 55 heavy (non-hydrogen) atoms. The molecule has 2 aliphatic carbocycles. The minimum atomic E-state index is 0.0422. The third kappa shape index (κ3) is 7.40. The molecule has 0 fully saturated rings. The molecule has 1 aromatic heterocycles. The average Bonchev–Trinajstić information content (AvgIpc) is 3.77. The van der Waals surface area contributed by atoms with E-state index in [2.05, 4.69) is 186 Å². The Morgan fingerprint density at radius 3 is 1.91 bits per heavy atom. The van der Waals surface area contributed by atoms with Crippen molar-refractivity contribution in [2.24, 2.45) is 4.99 Å². The van der Waals surface area contributed by atoms with E-state index in [1.165, 1.54) is 55.9 Å². The van der Waals surface area contributed by atoms with Crippen molar-refractivity contribution in [2.75, 3.05) is 9.80 Å². The van der Waals surface area contributed by atoms with Gasteiger partial charge in [-0.1, -0.05) is 127 Å². The number of pyridine rings is 1. The Bertz CT molecular complexity index is 2450. The van der Waals surface area contributed by atoms with E-state index in [9.17, 15) is 0 Å². The van der Waals surface area contributed by atoms with Crippen molar-refractivity contribution in [3.63, 3.8) is 0 Å². The van der Waals surface area contributed by atoms with E-state index in [0.29, 0.717) is 0 Å². The second-order valence-electron chi connectivity index (χ2n) is 14.1. The number of hydrogen-bond acceptors (Lipinski definition) is 4. The van der Waals surface area contributed by atoms with Crippen molar-refractivity contribution >= 4 is 45.8 Å². The van der Waals surface area contributed by atoms with Crippen LogP contribution in [0.4, 0.5) is 22.9 Å². The van der Waals surface area contributed by atoms with E-state index in [0.717, 1.165) is 42.9 Å². The van der Waals surface area contributed by atoms with Gasteiger partial charge in [-0.15, -0.1) is 0 Å². The molecule has 3 aliphatic rings. The minimum absolute atomic E-state index is 0.0422. The van der Waals surface area contributed by atoms with Gasteiger partial charge in [-0.3, -0.25) is 9.89 Å². The first-order chi connectivity index (χ1) is 27.3. The average molecular weight is 711 g/mol. The minimum Gasteiger partial charge on any atom is -0.322 e. The molecule has 0 amide bonds. The predicted octanol–water partition coefficient (Wildman–Crippen LogP) is 13.0. The summed E-state index contributed by atoms with van der Waals surface area (Å²) in [7, 11) is 0. The SMILES string of the molecule is C1=CCC(N(C2=CC(c3ccccc3)=CCC2)c2ccc(C3=CC=C(c4ccc(N(c5cccc(-c6ccccc6)c5)c5ccccn5)cc4)C3)cc2)N=C1. The molecule has 9 rings (SSSR count). The van der Waals surface area contributed by atoms with Crippen LogP contribution in [0.15, 0.2) is 205 Å². The summed E-state index contributed by atoms with van der Waals surface area (Å²) >= 11 is 0. The molecule has 1 atom stereocenters. The van der Waals surface area contributed by atoms with Crippen LogP contribution in [0.5, 0.6) is 0 Å². The van der Waals surface area contributed by atoms with Crippen molar-refractivity contribution in [3.05, 3.63) is 217 Å². The summed E-state index contributed by atoms with van der Waals surface area (Å²) in [5.41, 5.74) is 14.6. The lowest BCUT2D eigenvalue weighted by atomic mass is 9.96. The lowest BCUT2D eigenvalue weighted by Gasteiger charge is -2.35. The monoisotopic (exact) mass is 710 g/mol. The lowest BCUT2D eigenvalue weighted by Crippen LogP contribution is -2.34. The van der Waals surface area contributed by atoms with Crippen LogP contribution >= 0.6 is 0 Å². The summed E-state index contributed by atoms with van der Waals surface area (Å²) in [6.45, 7) is 0. The van der Waals surface area contributed by atoms with E-state index in [-0.39, 0.29) is 6.17 Å². The zero-order chi connectivity index (χ0) is 36.8. The quantitative estimate of drug-likeness (QED) is 0.142. The molecule has 1 aliphatic heterocycles. The fourth-order valence-corrected chi connectivity index (χ4v) is 7.82. The van der Waals surface area contributed by atoms with E-state index < -0.39 is 0 Å². The van der Waals surface area contributed by atoms with E-state index >= 15 is 0 Å². The maximum Gasteiger partial charge on any atom is 0.137 e. The van der Waals surface area contributed by atoms with Gasteiger partial charge in [0.2, 0.25) is 0 Å². The van der Waals surface area contributed by atoms with Crippen molar-refractivity contribution in [2.45, 2.75) is 31.8 Å². The Labute approximate surface area is 324 Å². The van der Waals surface area contributed by atoms with Gasteiger partial charge in [-0.05, 0) is 124 Å². The van der Waals surface area contributed by atoms with Crippen LogP contribution in [0, 0.1) is 0 Å². The summed E-state index contributed by atoms with van der Waals surface area (Å²) in [4.78, 5) is 14.3. The third-order valence-electron chi connectivity index (χ3n) is 10.6. The number of allylic oxidation sites excluding steroid dienone is 9. The Morgan fingerprint density at radius 2 is 1.24 bits per heavy atom. The normalized spacial score (nSPS) is 16.2. The maximum atomic E-state index is 4.92. The second-order valence-corrected chi connectivity index (χ2v) is 14.1. The third-order valence-corrected chi connectivity index (χ3v) is 10.6. The molecule has 1 unspecified atom stereocenters. The maximum absolute atomic E-state index is 4.92. The standard InChI is InChI=1S/C51H42N4/c1-3-13-38(14-4-1)42-17-11-19-48(36-42)54(50-21-7-9-33-52-50)46-29-25-40(26-30-46)44-23-24-45(35-44)41-27-31-47(32-28-41)55(51-22-8-10-34-53-51)49-20-12-18-43(37-49)39-15-5-2-6-16-39/h1-11,13-19,21,23-34,36-37,51H,12,20,22,35H2. The highest BCUT2D eigenvalue weighted by atomic mass is 15.3. The first-order valence-corrected chi connectivity index (χ1v) is 19.2. The molecular formula is C51H42N4. The topological polar surface area (TPSA) is 31.7 Å². The van der Waals surface area contributed by atoms with Crippen LogP contribution in [-0.4, -0.2) is 17.4 Å². The number of dihydropyridines is 1. The molecule has 0 saturated carbocycles. The summed E-state index contributed by atoms with van der Waals surface area (Å²) < 4.78 is 0. The summed E-state index contributed by atoms with van der Waals surface area (Å²) in [5, 5.41) is 0. The van der Waals surface area contributed by atoms with E-state index in [1.807, 2.05) is 24.5 Å². The predicted molar refractivity (Wildman–Crippen MR) is 232 cm³/mol. The Balaban J connectivity index is 0.933. The molecule has 4 nitrogen and oxygen atoms in total. The highest BCUT2D eigenvalue weighted by Gasteiger charge is 2.24. The number of anilines is 4. The molecule has 2 heterocycles. The lowest BCUT2D eigenvalue weighted by molar-refractivity contribution is 0.649. The largest absolute Gasteiger partial charge is 0.322 e. The second kappa shape index (κ2) is 15.7. The molecule has 0 radical (unpaired) electrons. The fraction of sp³-hybridized carbons (Fsp3) is 0.0980. The summed E-state index contributed by atoms with van der Waals surface area (Å²) in [6.07, 6.45) is 21.2. The van der Waals surface area contributed by atoms with Crippen LogP contribution in [0.2, 0.25) is 0 Å². The number of nitrogens with zero attached hydrogens (tertiary/aromatic N) is 4. The molecule has 4 heteroatoms. The number of aliphatic imine (C=N–C) groups is 1. The van der Waals surface area contributed by atoms with Crippen molar-refractivity contribution < 1.29 is 0 Å². The van der Waals surface area contributed by atoms with Gasteiger partial charge in [-0.2, -0.15) is 0 Å². The molecule has 0 spiro atoms. The van der Waals surface area contributed by atoms with Crippen molar-refractivity contribution in [1.29, 1.82) is 0 Å². The highest BCUT2D eigenvalue weighted by Crippen LogP contribution is 2.40. The van der Waals surface area contributed by atoms with Crippen LogP contribution < -0.4 is 9.80 Å². The molecule has 5 aromatic carbocycles. The zero-order valence-electron chi connectivity index (χ0n) is 30.7. The van der Waals surface area contributed by atoms with Crippen LogP contribution in [-0.2, 0) is 0 Å². The van der Waals surface area contributed by atoms with Gasteiger partial charge >= 0.3 is 0 Å². The van der Waals surface area contributed by atoms with Crippen molar-refractivity contribution in [1.82, 2.24) is 4.98 Å². The number of aromatic nitrogens is 1. The highest BCUT2D eigenvalue weighted by molar-refractivity contribution is 5.88. The Hall–Kier alpha value is -6.78. The molecule has 0 bridgehead atoms. The van der Waals surface area contributed by atoms with Gasteiger partial charge in [0.05, 0.1) is 0 Å². The van der Waals surface area contributed by atoms with Crippen LogP contribution in [0.1, 0.15) is 42.4 Å². The number of hydrogen-bond donors (Lipinski definition) is 0. The number of benzene rings is 5. The molecule has 266 valence electrons. The smallest absolute Gasteiger partial charge is 0.137 e. The van der Waals surface area contributed by atoms with Gasteiger partial charge in [0.1, 0.15) is 12.0 Å². The number of rotatable bonds is 10. The first-order valence-electron chi connectivity index (χ1n) is 19.2. The van der Waals surface area contributed by atoms with Crippen LogP contribution in [0.25, 0.3) is 27.8 Å².